The Labute approximate surface area is 245 Å². The van der Waals surface area contributed by atoms with E-state index in [-0.39, 0.29) is 23.4 Å². The van der Waals surface area contributed by atoms with Gasteiger partial charge in [-0.3, -0.25) is 13.9 Å². The molecule has 0 bridgehead atoms. The van der Waals surface area contributed by atoms with Crippen molar-refractivity contribution in [3.63, 3.8) is 0 Å². The van der Waals surface area contributed by atoms with Crippen LogP contribution >= 0.6 is 23.2 Å². The Kier molecular flexibility index (Phi) is 10.8. The number of methoxy groups -OCH3 is 1. The summed E-state index contributed by atoms with van der Waals surface area (Å²) in [5.41, 5.74) is 0.861. The largest absolute Gasteiger partial charge is 0.497 e. The predicted octanol–water partition coefficient (Wildman–Crippen LogP) is 5.53. The number of carbonyl (C=O) groups excluding carboxylic acids is 2. The maximum absolute atomic E-state index is 13.9. The highest BCUT2D eigenvalue weighted by molar-refractivity contribution is 7.92. The molecule has 0 aliphatic carbocycles. The smallest absolute Gasteiger partial charge is 0.264 e. The zero-order valence-corrected chi connectivity index (χ0v) is 25.1. The minimum atomic E-state index is -4.18. The van der Waals surface area contributed by atoms with Crippen LogP contribution in [0.1, 0.15) is 32.8 Å². The number of ether oxygens (including phenoxy) is 1. The Hall–Kier alpha value is -3.27. The first-order valence-electron chi connectivity index (χ1n) is 12.7. The normalized spacial score (nSPS) is 12.8. The second kappa shape index (κ2) is 13.9. The van der Waals surface area contributed by atoms with E-state index in [4.69, 9.17) is 27.9 Å². The summed E-state index contributed by atoms with van der Waals surface area (Å²) in [6.45, 7) is 4.82. The molecular formula is C29H33Cl2N3O5S. The third-order valence-electron chi connectivity index (χ3n) is 6.49. The summed E-state index contributed by atoms with van der Waals surface area (Å²) in [6.07, 6.45) is 0.706. The molecule has 0 aromatic heterocycles. The van der Waals surface area contributed by atoms with E-state index in [2.05, 4.69) is 5.32 Å². The van der Waals surface area contributed by atoms with E-state index >= 15 is 0 Å². The van der Waals surface area contributed by atoms with E-state index in [0.717, 1.165) is 4.31 Å². The third-order valence-corrected chi connectivity index (χ3v) is 8.87. The molecule has 0 aliphatic heterocycles. The summed E-state index contributed by atoms with van der Waals surface area (Å²) in [4.78, 5) is 28.4. The number of anilines is 1. The van der Waals surface area contributed by atoms with Gasteiger partial charge < -0.3 is 15.0 Å². The van der Waals surface area contributed by atoms with Gasteiger partial charge in [-0.15, -0.1) is 0 Å². The summed E-state index contributed by atoms with van der Waals surface area (Å²) in [5.74, 6) is -0.454. The fourth-order valence-corrected chi connectivity index (χ4v) is 5.76. The molecule has 11 heteroatoms. The molecule has 0 saturated heterocycles. The van der Waals surface area contributed by atoms with Crippen LogP contribution in [0.25, 0.3) is 0 Å². The van der Waals surface area contributed by atoms with Crippen LogP contribution in [0.2, 0.25) is 10.0 Å². The zero-order chi connectivity index (χ0) is 29.4. The first kappa shape index (κ1) is 31.3. The first-order chi connectivity index (χ1) is 19.0. The van der Waals surface area contributed by atoms with Crippen LogP contribution < -0.4 is 14.4 Å². The van der Waals surface area contributed by atoms with Gasteiger partial charge in [0.05, 0.1) is 17.7 Å². The summed E-state index contributed by atoms with van der Waals surface area (Å²) in [7, 11) is -2.69. The summed E-state index contributed by atoms with van der Waals surface area (Å²) in [6, 6.07) is 18.1. The van der Waals surface area contributed by atoms with E-state index < -0.39 is 28.5 Å². The molecule has 2 atom stereocenters. The molecule has 0 spiro atoms. The van der Waals surface area contributed by atoms with Crippen LogP contribution in [0.5, 0.6) is 5.75 Å². The number of nitrogens with zero attached hydrogens (tertiary/aromatic N) is 2. The van der Waals surface area contributed by atoms with Gasteiger partial charge in [-0.05, 0) is 74.4 Å². The van der Waals surface area contributed by atoms with Gasteiger partial charge in [0.1, 0.15) is 18.3 Å². The zero-order valence-electron chi connectivity index (χ0n) is 22.8. The highest BCUT2D eigenvalue weighted by Gasteiger charge is 2.33. The van der Waals surface area contributed by atoms with Crippen molar-refractivity contribution < 1.29 is 22.7 Å². The second-order valence-corrected chi connectivity index (χ2v) is 12.0. The topological polar surface area (TPSA) is 96.0 Å². The van der Waals surface area contributed by atoms with Gasteiger partial charge >= 0.3 is 0 Å². The molecule has 0 heterocycles. The molecule has 0 aliphatic rings. The number of amides is 2. The molecule has 0 radical (unpaired) electrons. The number of rotatable bonds is 12. The molecule has 0 fully saturated rings. The van der Waals surface area contributed by atoms with E-state index in [9.17, 15) is 18.0 Å². The number of benzene rings is 3. The number of para-hydroxylation sites is 1. The average molecular weight is 607 g/mol. The Balaban J connectivity index is 2.02. The molecule has 214 valence electrons. The van der Waals surface area contributed by atoms with E-state index in [1.54, 1.807) is 55.5 Å². The van der Waals surface area contributed by atoms with Gasteiger partial charge in [-0.25, -0.2) is 8.42 Å². The lowest BCUT2D eigenvalue weighted by Gasteiger charge is -2.32. The Morgan fingerprint density at radius 2 is 1.62 bits per heavy atom. The molecule has 0 saturated carbocycles. The van der Waals surface area contributed by atoms with Gasteiger partial charge in [0.25, 0.3) is 10.0 Å². The third kappa shape index (κ3) is 7.68. The molecule has 3 aromatic carbocycles. The minimum absolute atomic E-state index is 0.0141. The fourth-order valence-electron chi connectivity index (χ4n) is 3.88. The quantitative estimate of drug-likeness (QED) is 0.293. The molecule has 40 heavy (non-hydrogen) atoms. The molecule has 3 rings (SSSR count). The van der Waals surface area contributed by atoms with E-state index in [0.29, 0.717) is 33.5 Å². The van der Waals surface area contributed by atoms with Crippen LogP contribution in [0.3, 0.4) is 0 Å². The van der Waals surface area contributed by atoms with Crippen molar-refractivity contribution in [1.82, 2.24) is 10.2 Å². The maximum atomic E-state index is 13.9. The molecule has 3 aromatic rings. The second-order valence-electron chi connectivity index (χ2n) is 9.27. The highest BCUT2D eigenvalue weighted by atomic mass is 35.5. The van der Waals surface area contributed by atoms with Crippen molar-refractivity contribution in [3.8, 4) is 5.75 Å². The lowest BCUT2D eigenvalue weighted by Crippen LogP contribution is -2.52. The SMILES string of the molecule is CC[C@@H](C)NC(=O)[C@@H](C)N(Cc1ccc(Cl)cc1Cl)C(=O)CN(c1ccccc1)S(=O)(=O)c1ccc(OC)cc1. The molecule has 2 amide bonds. The maximum Gasteiger partial charge on any atom is 0.264 e. The van der Waals surface area contributed by atoms with Crippen molar-refractivity contribution in [2.45, 2.75) is 50.7 Å². The van der Waals surface area contributed by atoms with Gasteiger partial charge in [0, 0.05) is 22.6 Å². The van der Waals surface area contributed by atoms with Crippen LogP contribution in [0.4, 0.5) is 5.69 Å². The van der Waals surface area contributed by atoms with Crippen molar-refractivity contribution in [3.05, 3.63) is 88.4 Å². The van der Waals surface area contributed by atoms with E-state index in [1.165, 1.54) is 36.3 Å². The lowest BCUT2D eigenvalue weighted by atomic mass is 10.1. The number of hydrogen-bond donors (Lipinski definition) is 1. The van der Waals surface area contributed by atoms with Gasteiger partial charge in [0.15, 0.2) is 0 Å². The molecule has 8 nitrogen and oxygen atoms in total. The first-order valence-corrected chi connectivity index (χ1v) is 14.9. The van der Waals surface area contributed by atoms with Crippen molar-refractivity contribution in [2.24, 2.45) is 0 Å². The Bertz CT molecular complexity index is 1420. The number of sulfonamides is 1. The van der Waals surface area contributed by atoms with E-state index in [1.807, 2.05) is 13.8 Å². The minimum Gasteiger partial charge on any atom is -0.497 e. The van der Waals surface area contributed by atoms with Crippen LogP contribution in [0, 0.1) is 0 Å². The molecule has 1 N–H and O–H groups in total. The molecular weight excluding hydrogens is 573 g/mol. The Morgan fingerprint density at radius 3 is 2.20 bits per heavy atom. The summed E-state index contributed by atoms with van der Waals surface area (Å²) >= 11 is 12.5. The number of halogens is 2. The van der Waals surface area contributed by atoms with Crippen LogP contribution in [0.15, 0.2) is 77.7 Å². The number of hydrogen-bond acceptors (Lipinski definition) is 5. The van der Waals surface area contributed by atoms with Gasteiger partial charge in [0.2, 0.25) is 11.8 Å². The van der Waals surface area contributed by atoms with Crippen LogP contribution in [-0.2, 0) is 26.2 Å². The monoisotopic (exact) mass is 605 g/mol. The lowest BCUT2D eigenvalue weighted by molar-refractivity contribution is -0.139. The predicted molar refractivity (Wildman–Crippen MR) is 158 cm³/mol. The standard InChI is InChI=1S/C29H33Cl2N3O5S/c1-5-20(2)32-29(36)21(3)33(18-22-11-12-23(30)17-27(22)31)28(35)19-34(24-9-7-6-8-10-24)40(37,38)26-15-13-25(39-4)14-16-26/h6-17,20-21H,5,18-19H2,1-4H3,(H,32,36)/t20-,21-/m1/s1. The summed E-state index contributed by atoms with van der Waals surface area (Å²) < 4.78 is 33.8. The van der Waals surface area contributed by atoms with Crippen molar-refractivity contribution in [2.75, 3.05) is 18.0 Å². The van der Waals surface area contributed by atoms with Crippen LogP contribution in [-0.4, -0.2) is 50.9 Å². The van der Waals surface area contributed by atoms with Crippen molar-refractivity contribution >= 4 is 50.7 Å². The Morgan fingerprint density at radius 1 is 0.975 bits per heavy atom. The average Bonchev–Trinajstić information content (AvgIpc) is 2.95. The summed E-state index contributed by atoms with van der Waals surface area (Å²) in [5, 5.41) is 3.65. The fraction of sp³-hybridized carbons (Fsp3) is 0.310. The van der Waals surface area contributed by atoms with Gasteiger partial charge in [-0.1, -0.05) is 54.4 Å². The van der Waals surface area contributed by atoms with Crippen molar-refractivity contribution in [1.29, 1.82) is 0 Å². The number of carbonyl (C=O) groups is 2. The molecule has 0 unspecified atom stereocenters. The number of nitrogens with one attached hydrogen (secondary N) is 1. The highest BCUT2D eigenvalue weighted by Crippen LogP contribution is 2.27. The van der Waals surface area contributed by atoms with Gasteiger partial charge in [-0.2, -0.15) is 0 Å².